The summed E-state index contributed by atoms with van der Waals surface area (Å²) < 4.78 is 20.0. The van der Waals surface area contributed by atoms with Crippen molar-refractivity contribution in [1.29, 1.82) is 0 Å². The van der Waals surface area contributed by atoms with Crippen LogP contribution in [-0.4, -0.2) is 18.7 Å². The van der Waals surface area contributed by atoms with E-state index in [0.717, 1.165) is 10.2 Å². The van der Waals surface area contributed by atoms with Crippen molar-refractivity contribution in [2.45, 2.75) is 39.0 Å². The molecule has 0 aliphatic carbocycles. The third-order valence-corrected chi connectivity index (χ3v) is 4.52. The van der Waals surface area contributed by atoms with Gasteiger partial charge in [0.1, 0.15) is 11.6 Å². The second-order valence-electron chi connectivity index (χ2n) is 7.16. The van der Waals surface area contributed by atoms with Gasteiger partial charge in [0.25, 0.3) is 0 Å². The van der Waals surface area contributed by atoms with Crippen molar-refractivity contribution in [3.05, 3.63) is 63.9 Å². The van der Waals surface area contributed by atoms with Crippen LogP contribution in [0.15, 0.2) is 52.0 Å². The van der Waals surface area contributed by atoms with Crippen LogP contribution >= 0.6 is 15.9 Å². The van der Waals surface area contributed by atoms with Crippen molar-refractivity contribution in [2.75, 3.05) is 6.61 Å². The maximum Gasteiger partial charge on any atom is 0.240 e. The highest BCUT2D eigenvalue weighted by Gasteiger charge is 2.15. The van der Waals surface area contributed by atoms with Crippen LogP contribution in [0.5, 0.6) is 5.75 Å². The minimum Gasteiger partial charge on any atom is -0.492 e. The molecule has 0 saturated carbocycles. The van der Waals surface area contributed by atoms with Crippen LogP contribution in [-0.2, 0) is 10.2 Å². The van der Waals surface area contributed by atoms with Gasteiger partial charge in [0.05, 0.1) is 17.3 Å². The Bertz CT molecular complexity index is 816. The van der Waals surface area contributed by atoms with Crippen LogP contribution in [0.2, 0.25) is 0 Å². The van der Waals surface area contributed by atoms with E-state index in [0.29, 0.717) is 18.6 Å². The number of amides is 1. The second kappa shape index (κ2) is 9.65. The molecule has 0 radical (unpaired) electrons. The topological polar surface area (TPSA) is 50.7 Å². The van der Waals surface area contributed by atoms with E-state index in [9.17, 15) is 9.18 Å². The largest absolute Gasteiger partial charge is 0.492 e. The van der Waals surface area contributed by atoms with E-state index in [1.165, 1.54) is 17.8 Å². The molecule has 1 N–H and O–H groups in total. The smallest absolute Gasteiger partial charge is 0.240 e. The molecule has 1 amide bonds. The summed E-state index contributed by atoms with van der Waals surface area (Å²) >= 11 is 3.53. The van der Waals surface area contributed by atoms with E-state index in [1.54, 1.807) is 18.2 Å². The van der Waals surface area contributed by atoms with Gasteiger partial charge in [-0.15, -0.1) is 0 Å². The molecule has 0 aliphatic heterocycles. The van der Waals surface area contributed by atoms with Crippen molar-refractivity contribution >= 4 is 28.1 Å². The van der Waals surface area contributed by atoms with Crippen LogP contribution in [0, 0.1) is 5.82 Å². The molecule has 0 spiro atoms. The number of hydrazone groups is 1. The van der Waals surface area contributed by atoms with Gasteiger partial charge in [-0.25, -0.2) is 9.82 Å². The average molecular weight is 435 g/mol. The van der Waals surface area contributed by atoms with Crippen molar-refractivity contribution < 1.29 is 13.9 Å². The Balaban J connectivity index is 1.73. The first-order valence-corrected chi connectivity index (χ1v) is 9.56. The number of carbonyl (C=O) groups excluding carboxylic acids is 1. The summed E-state index contributed by atoms with van der Waals surface area (Å²) in [6, 6.07) is 12.3. The molecule has 0 fully saturated rings. The normalized spacial score (nSPS) is 11.6. The molecule has 0 bridgehead atoms. The zero-order chi connectivity index (χ0) is 19.9. The maximum atomic E-state index is 13.4. The molecule has 27 heavy (non-hydrogen) atoms. The predicted octanol–water partition coefficient (Wildman–Crippen LogP) is 5.20. The Hall–Kier alpha value is -2.21. The minimum atomic E-state index is -0.382. The summed E-state index contributed by atoms with van der Waals surface area (Å²) in [5.74, 6) is 0.126. The van der Waals surface area contributed by atoms with Crippen LogP contribution in [0.1, 0.15) is 44.7 Å². The first-order chi connectivity index (χ1) is 12.8. The highest BCUT2D eigenvalue weighted by atomic mass is 79.9. The number of halogens is 2. The van der Waals surface area contributed by atoms with Gasteiger partial charge in [0, 0.05) is 12.0 Å². The lowest BCUT2D eigenvalue weighted by atomic mass is 9.87. The van der Waals surface area contributed by atoms with Gasteiger partial charge in [0.2, 0.25) is 5.91 Å². The van der Waals surface area contributed by atoms with Crippen LogP contribution in [0.3, 0.4) is 0 Å². The van der Waals surface area contributed by atoms with E-state index in [1.807, 2.05) is 12.1 Å². The first-order valence-electron chi connectivity index (χ1n) is 8.76. The van der Waals surface area contributed by atoms with Crippen molar-refractivity contribution in [3.63, 3.8) is 0 Å². The number of nitrogens with zero attached hydrogens (tertiary/aromatic N) is 1. The third kappa shape index (κ3) is 6.79. The number of rotatable bonds is 7. The monoisotopic (exact) mass is 434 g/mol. The minimum absolute atomic E-state index is 0.0717. The number of hydrogen-bond acceptors (Lipinski definition) is 3. The molecule has 4 nitrogen and oxygen atoms in total. The number of benzene rings is 2. The third-order valence-electron chi connectivity index (χ3n) is 3.90. The lowest BCUT2D eigenvalue weighted by molar-refractivity contribution is -0.121. The number of carbonyl (C=O) groups is 1. The molecule has 0 unspecified atom stereocenters. The molecule has 0 aliphatic rings. The zero-order valence-corrected chi connectivity index (χ0v) is 17.3. The molecule has 0 atom stereocenters. The van der Waals surface area contributed by atoms with Crippen molar-refractivity contribution in [1.82, 2.24) is 5.43 Å². The van der Waals surface area contributed by atoms with Gasteiger partial charge in [-0.3, -0.25) is 4.79 Å². The van der Waals surface area contributed by atoms with Gasteiger partial charge in [-0.1, -0.05) is 45.0 Å². The molecule has 144 valence electrons. The molecule has 2 aromatic rings. The number of nitrogens with one attached hydrogen (secondary N) is 1. The van der Waals surface area contributed by atoms with Gasteiger partial charge < -0.3 is 4.74 Å². The number of hydrogen-bond donors (Lipinski definition) is 1. The van der Waals surface area contributed by atoms with Crippen LogP contribution < -0.4 is 10.2 Å². The highest BCUT2D eigenvalue weighted by Crippen LogP contribution is 2.31. The van der Waals surface area contributed by atoms with Gasteiger partial charge in [0.15, 0.2) is 0 Å². The SMILES string of the molecule is CC(C)(C)c1ccc(OCCCC(=O)N/N=C/c2ccccc2F)c(Br)c1. The van der Waals surface area contributed by atoms with Gasteiger partial charge in [-0.05, 0) is 51.5 Å². The average Bonchev–Trinajstić information content (AvgIpc) is 2.60. The van der Waals surface area contributed by atoms with E-state index in [4.69, 9.17) is 4.74 Å². The lowest BCUT2D eigenvalue weighted by Gasteiger charge is -2.20. The van der Waals surface area contributed by atoms with E-state index >= 15 is 0 Å². The van der Waals surface area contributed by atoms with E-state index in [-0.39, 0.29) is 23.6 Å². The summed E-state index contributed by atoms with van der Waals surface area (Å²) in [6.45, 7) is 6.88. The molecular formula is C21H24BrFN2O2. The fourth-order valence-electron chi connectivity index (χ4n) is 2.31. The molecule has 0 saturated heterocycles. The van der Waals surface area contributed by atoms with E-state index < -0.39 is 0 Å². The Morgan fingerprint density at radius 2 is 2.00 bits per heavy atom. The van der Waals surface area contributed by atoms with Crippen LogP contribution in [0.4, 0.5) is 4.39 Å². The molecule has 2 rings (SSSR count). The Labute approximate surface area is 167 Å². The van der Waals surface area contributed by atoms with Crippen molar-refractivity contribution in [2.24, 2.45) is 5.10 Å². The standard InChI is InChI=1S/C21H24BrFN2O2/c1-21(2,3)16-10-11-19(17(22)13-16)27-12-6-9-20(26)25-24-14-15-7-4-5-8-18(15)23/h4-5,7-8,10-11,13-14H,6,9,12H2,1-3H3,(H,25,26)/b24-14+. The molecule has 0 heterocycles. The van der Waals surface area contributed by atoms with Gasteiger partial charge in [-0.2, -0.15) is 5.10 Å². The highest BCUT2D eigenvalue weighted by molar-refractivity contribution is 9.10. The van der Waals surface area contributed by atoms with E-state index in [2.05, 4.69) is 53.3 Å². The fourth-order valence-corrected chi connectivity index (χ4v) is 2.80. The summed E-state index contributed by atoms with van der Waals surface area (Å²) in [5.41, 5.74) is 4.00. The Kier molecular flexibility index (Phi) is 7.54. The van der Waals surface area contributed by atoms with Crippen LogP contribution in [0.25, 0.3) is 0 Å². The molecular weight excluding hydrogens is 411 g/mol. The van der Waals surface area contributed by atoms with Crippen molar-refractivity contribution in [3.8, 4) is 5.75 Å². The lowest BCUT2D eigenvalue weighted by Crippen LogP contribution is -2.18. The van der Waals surface area contributed by atoms with Gasteiger partial charge >= 0.3 is 0 Å². The summed E-state index contributed by atoms with van der Waals surface area (Å²) in [7, 11) is 0. The predicted molar refractivity (Wildman–Crippen MR) is 110 cm³/mol. The maximum absolute atomic E-state index is 13.4. The summed E-state index contributed by atoms with van der Waals surface area (Å²) in [5, 5.41) is 3.77. The number of ether oxygens (including phenoxy) is 1. The summed E-state index contributed by atoms with van der Waals surface area (Å²) in [6.07, 6.45) is 2.11. The molecule has 2 aromatic carbocycles. The second-order valence-corrected chi connectivity index (χ2v) is 8.02. The zero-order valence-electron chi connectivity index (χ0n) is 15.8. The quantitative estimate of drug-likeness (QED) is 0.370. The fraction of sp³-hybridized carbons (Fsp3) is 0.333. The Morgan fingerprint density at radius 1 is 1.26 bits per heavy atom. The summed E-state index contributed by atoms with van der Waals surface area (Å²) in [4.78, 5) is 11.8. The molecule has 0 aromatic heterocycles. The molecule has 6 heteroatoms. The first kappa shape index (κ1) is 21.1. The Morgan fingerprint density at radius 3 is 2.67 bits per heavy atom.